The fourth-order valence-corrected chi connectivity index (χ4v) is 4.25. The van der Waals surface area contributed by atoms with Crippen LogP contribution in [0.15, 0.2) is 30.3 Å². The smallest absolute Gasteiger partial charge is 0.408 e. The lowest BCUT2D eigenvalue weighted by Crippen LogP contribution is -2.47. The van der Waals surface area contributed by atoms with E-state index >= 15 is 0 Å². The second-order valence-electron chi connectivity index (χ2n) is 7.07. The summed E-state index contributed by atoms with van der Waals surface area (Å²) in [6.07, 6.45) is -0.718. The summed E-state index contributed by atoms with van der Waals surface area (Å²) in [5, 5.41) is 5.15. The molecule has 0 fully saturated rings. The van der Waals surface area contributed by atoms with Crippen LogP contribution >= 0.6 is 7.60 Å². The van der Waals surface area contributed by atoms with Gasteiger partial charge in [0.15, 0.2) is 5.78 Å². The summed E-state index contributed by atoms with van der Waals surface area (Å²) >= 11 is 0. The van der Waals surface area contributed by atoms with Crippen LogP contribution in [0.1, 0.15) is 52.9 Å². The van der Waals surface area contributed by atoms with Gasteiger partial charge in [0.1, 0.15) is 11.6 Å². The summed E-state index contributed by atoms with van der Waals surface area (Å²) in [4.78, 5) is 24.6. The third kappa shape index (κ3) is 7.62. The number of carbonyl (C=O) groups excluding carboxylic acids is 2. The molecule has 1 rings (SSSR count). The largest absolute Gasteiger partial charge is 0.444 e. The van der Waals surface area contributed by atoms with Gasteiger partial charge < -0.3 is 24.4 Å². The van der Waals surface area contributed by atoms with E-state index in [-0.39, 0.29) is 13.2 Å². The summed E-state index contributed by atoms with van der Waals surface area (Å²) in [5.74, 6) is -1.55. The molecule has 1 aromatic rings. The van der Waals surface area contributed by atoms with Crippen molar-refractivity contribution in [2.24, 2.45) is 0 Å². The Kier molecular flexibility index (Phi) is 9.14. The van der Waals surface area contributed by atoms with Gasteiger partial charge in [0.05, 0.1) is 13.2 Å². The maximum Gasteiger partial charge on any atom is 0.408 e. The number of hydrogen-bond acceptors (Lipinski definition) is 6. The van der Waals surface area contributed by atoms with Crippen molar-refractivity contribution in [2.75, 3.05) is 13.2 Å². The van der Waals surface area contributed by atoms with Crippen LogP contribution in [0.25, 0.3) is 0 Å². The Morgan fingerprint density at radius 2 is 1.57 bits per heavy atom. The molecule has 0 saturated carbocycles. The minimum absolute atomic E-state index is 0.155. The molecular formula is C19H31N2O6P. The molecule has 0 spiro atoms. The number of nitrogens with one attached hydrogen (secondary N) is 2. The predicted molar refractivity (Wildman–Crippen MR) is 107 cm³/mol. The van der Waals surface area contributed by atoms with E-state index < -0.39 is 37.0 Å². The highest BCUT2D eigenvalue weighted by molar-refractivity contribution is 7.54. The Hall–Kier alpha value is -1.89. The van der Waals surface area contributed by atoms with E-state index in [1.165, 1.54) is 6.92 Å². The first kappa shape index (κ1) is 24.1. The summed E-state index contributed by atoms with van der Waals surface area (Å²) in [6, 6.07) is 7.86. The maximum atomic E-state index is 13.3. The Labute approximate surface area is 166 Å². The first-order chi connectivity index (χ1) is 13.0. The molecule has 1 aromatic carbocycles. The molecule has 2 atom stereocenters. The zero-order valence-electron chi connectivity index (χ0n) is 17.4. The monoisotopic (exact) mass is 414 g/mol. The van der Waals surface area contributed by atoms with Crippen LogP contribution in [-0.2, 0) is 23.1 Å². The maximum absolute atomic E-state index is 13.3. The van der Waals surface area contributed by atoms with E-state index in [2.05, 4.69) is 10.6 Å². The van der Waals surface area contributed by atoms with E-state index in [9.17, 15) is 14.2 Å². The second kappa shape index (κ2) is 10.6. The van der Waals surface area contributed by atoms with Crippen molar-refractivity contribution >= 4 is 19.6 Å². The number of amides is 2. The molecule has 0 aliphatic carbocycles. The van der Waals surface area contributed by atoms with E-state index in [0.29, 0.717) is 5.56 Å². The Morgan fingerprint density at radius 1 is 1.04 bits per heavy atom. The van der Waals surface area contributed by atoms with Gasteiger partial charge in [0.2, 0.25) is 5.91 Å². The highest BCUT2D eigenvalue weighted by Gasteiger charge is 2.39. The normalized spacial score (nSPS) is 14.1. The van der Waals surface area contributed by atoms with Gasteiger partial charge in [-0.25, -0.2) is 4.79 Å². The van der Waals surface area contributed by atoms with Gasteiger partial charge in [-0.05, 0) is 47.1 Å². The van der Waals surface area contributed by atoms with E-state index in [1.807, 2.05) is 0 Å². The standard InChI is InChI=1S/C19H31N2O6P/c1-7-25-28(24,26-8-2)17(15-12-10-9-11-13-15)21-16(22)14(3)20-18(23)27-19(4,5)6/h9-14,17H,7-8H2,1-6H3,(H,20,23)(H,21,22)/t14-,17?/m0/s1. The summed E-state index contributed by atoms with van der Waals surface area (Å²) < 4.78 is 29.3. The van der Waals surface area contributed by atoms with Crippen molar-refractivity contribution in [3.63, 3.8) is 0 Å². The molecular weight excluding hydrogens is 383 g/mol. The van der Waals surface area contributed by atoms with E-state index in [0.717, 1.165) is 0 Å². The molecule has 0 bridgehead atoms. The van der Waals surface area contributed by atoms with Crippen LogP contribution in [0.4, 0.5) is 4.79 Å². The van der Waals surface area contributed by atoms with Crippen molar-refractivity contribution in [3.8, 4) is 0 Å². The molecule has 0 radical (unpaired) electrons. The van der Waals surface area contributed by atoms with Crippen LogP contribution in [0.5, 0.6) is 0 Å². The summed E-state index contributed by atoms with van der Waals surface area (Å²) in [7, 11) is -3.69. The van der Waals surface area contributed by atoms with Crippen LogP contribution < -0.4 is 10.6 Å². The highest BCUT2D eigenvalue weighted by Crippen LogP contribution is 2.59. The molecule has 0 heterocycles. The minimum Gasteiger partial charge on any atom is -0.444 e. The third-order valence-corrected chi connectivity index (χ3v) is 5.75. The van der Waals surface area contributed by atoms with Crippen molar-refractivity contribution in [2.45, 2.75) is 59.0 Å². The zero-order valence-corrected chi connectivity index (χ0v) is 18.2. The quantitative estimate of drug-likeness (QED) is 0.593. The van der Waals surface area contributed by atoms with Gasteiger partial charge in [-0.1, -0.05) is 30.3 Å². The van der Waals surface area contributed by atoms with Crippen molar-refractivity contribution in [3.05, 3.63) is 35.9 Å². The van der Waals surface area contributed by atoms with Crippen molar-refractivity contribution in [1.82, 2.24) is 10.6 Å². The van der Waals surface area contributed by atoms with Gasteiger partial charge in [-0.3, -0.25) is 9.36 Å². The Balaban J connectivity index is 3.01. The highest BCUT2D eigenvalue weighted by atomic mass is 31.2. The van der Waals surface area contributed by atoms with Crippen LogP contribution in [0.2, 0.25) is 0 Å². The Morgan fingerprint density at radius 3 is 2.04 bits per heavy atom. The molecule has 0 saturated heterocycles. The Bertz CT molecular complexity index is 679. The minimum atomic E-state index is -3.69. The molecule has 158 valence electrons. The number of rotatable bonds is 9. The number of alkyl carbamates (subject to hydrolysis) is 1. The number of benzene rings is 1. The molecule has 1 unspecified atom stereocenters. The van der Waals surface area contributed by atoms with Crippen LogP contribution in [0, 0.1) is 0 Å². The van der Waals surface area contributed by atoms with Gasteiger partial charge in [0.25, 0.3) is 0 Å². The zero-order chi connectivity index (χ0) is 21.4. The molecule has 8 nitrogen and oxygen atoms in total. The van der Waals surface area contributed by atoms with Gasteiger partial charge in [0, 0.05) is 0 Å². The molecule has 2 amide bonds. The second-order valence-corrected chi connectivity index (χ2v) is 9.18. The number of ether oxygens (including phenoxy) is 1. The van der Waals surface area contributed by atoms with Crippen LogP contribution in [0.3, 0.4) is 0 Å². The molecule has 2 N–H and O–H groups in total. The molecule has 0 aliphatic heterocycles. The number of carbonyl (C=O) groups is 2. The lowest BCUT2D eigenvalue weighted by atomic mass is 10.2. The van der Waals surface area contributed by atoms with E-state index in [4.69, 9.17) is 13.8 Å². The lowest BCUT2D eigenvalue weighted by molar-refractivity contribution is -0.123. The molecule has 28 heavy (non-hydrogen) atoms. The van der Waals surface area contributed by atoms with Crippen molar-refractivity contribution < 1.29 is 27.9 Å². The molecule has 9 heteroatoms. The fraction of sp³-hybridized carbons (Fsp3) is 0.579. The predicted octanol–water partition coefficient (Wildman–Crippen LogP) is 3.98. The fourth-order valence-electron chi connectivity index (χ4n) is 2.34. The van der Waals surface area contributed by atoms with Crippen LogP contribution in [-0.4, -0.2) is 36.9 Å². The van der Waals surface area contributed by atoms with Gasteiger partial charge in [-0.2, -0.15) is 0 Å². The molecule has 0 aromatic heterocycles. The average molecular weight is 414 g/mol. The van der Waals surface area contributed by atoms with Crippen molar-refractivity contribution in [1.29, 1.82) is 0 Å². The first-order valence-corrected chi connectivity index (χ1v) is 10.9. The topological polar surface area (TPSA) is 103 Å². The molecule has 0 aliphatic rings. The van der Waals surface area contributed by atoms with E-state index in [1.54, 1.807) is 65.0 Å². The summed E-state index contributed by atoms with van der Waals surface area (Å²) in [6.45, 7) is 10.4. The van der Waals surface area contributed by atoms with Gasteiger partial charge in [-0.15, -0.1) is 0 Å². The van der Waals surface area contributed by atoms with Gasteiger partial charge >= 0.3 is 13.7 Å². The number of hydrogen-bond donors (Lipinski definition) is 2. The third-order valence-electron chi connectivity index (χ3n) is 3.46. The summed E-state index contributed by atoms with van der Waals surface area (Å²) in [5.41, 5.74) is -0.113. The lowest BCUT2D eigenvalue weighted by Gasteiger charge is -2.28. The average Bonchev–Trinajstić information content (AvgIpc) is 2.58. The SMILES string of the molecule is CCOP(=O)(OCC)C(NC(=O)[C@H](C)NC(=O)OC(C)(C)C)c1ccccc1. The first-order valence-electron chi connectivity index (χ1n) is 9.26.